The Kier molecular flexibility index (Phi) is 4.62. The van der Waals surface area contributed by atoms with Crippen LogP contribution in [-0.2, 0) is 6.54 Å². The monoisotopic (exact) mass is 314 g/mol. The van der Waals surface area contributed by atoms with Gasteiger partial charge in [-0.2, -0.15) is 5.10 Å². The SMILES string of the molecule is COc1ccc(Cn2cc(C(=O)N3CCNC[C@@H]3C)cn2)cc1. The van der Waals surface area contributed by atoms with Crippen LogP contribution in [0.15, 0.2) is 36.7 Å². The molecule has 1 aromatic carbocycles. The molecular formula is C17H22N4O2. The zero-order valence-electron chi connectivity index (χ0n) is 13.5. The van der Waals surface area contributed by atoms with Gasteiger partial charge in [-0.25, -0.2) is 0 Å². The van der Waals surface area contributed by atoms with Gasteiger partial charge >= 0.3 is 0 Å². The minimum Gasteiger partial charge on any atom is -0.497 e. The Bertz CT molecular complexity index is 665. The van der Waals surface area contributed by atoms with Crippen molar-refractivity contribution in [1.82, 2.24) is 20.0 Å². The normalized spacial score (nSPS) is 18.0. The molecule has 6 heteroatoms. The third-order valence-corrected chi connectivity index (χ3v) is 4.15. The summed E-state index contributed by atoms with van der Waals surface area (Å²) < 4.78 is 6.95. The number of amides is 1. The van der Waals surface area contributed by atoms with E-state index in [-0.39, 0.29) is 11.9 Å². The number of hydrogen-bond acceptors (Lipinski definition) is 4. The second-order valence-electron chi connectivity index (χ2n) is 5.83. The Balaban J connectivity index is 1.68. The van der Waals surface area contributed by atoms with Gasteiger partial charge in [-0.1, -0.05) is 12.1 Å². The Hall–Kier alpha value is -2.34. The van der Waals surface area contributed by atoms with E-state index in [2.05, 4.69) is 17.3 Å². The number of nitrogens with one attached hydrogen (secondary N) is 1. The lowest BCUT2D eigenvalue weighted by atomic mass is 10.2. The van der Waals surface area contributed by atoms with Gasteiger partial charge in [0, 0.05) is 31.9 Å². The minimum atomic E-state index is 0.0555. The fourth-order valence-corrected chi connectivity index (χ4v) is 2.79. The molecule has 0 unspecified atom stereocenters. The Morgan fingerprint density at radius 3 is 2.87 bits per heavy atom. The van der Waals surface area contributed by atoms with Crippen LogP contribution in [0.1, 0.15) is 22.8 Å². The Labute approximate surface area is 136 Å². The van der Waals surface area contributed by atoms with Gasteiger partial charge < -0.3 is 15.0 Å². The summed E-state index contributed by atoms with van der Waals surface area (Å²) in [6.45, 7) is 5.12. The van der Waals surface area contributed by atoms with Crippen LogP contribution in [0.5, 0.6) is 5.75 Å². The largest absolute Gasteiger partial charge is 0.497 e. The quantitative estimate of drug-likeness (QED) is 0.926. The molecule has 1 fully saturated rings. The molecule has 122 valence electrons. The summed E-state index contributed by atoms with van der Waals surface area (Å²) in [6, 6.07) is 8.06. The molecule has 0 saturated carbocycles. The number of hydrogen-bond donors (Lipinski definition) is 1. The molecule has 23 heavy (non-hydrogen) atoms. The summed E-state index contributed by atoms with van der Waals surface area (Å²) in [7, 11) is 1.65. The molecular weight excluding hydrogens is 292 g/mol. The number of aromatic nitrogens is 2. The lowest BCUT2D eigenvalue weighted by molar-refractivity contribution is 0.0655. The fourth-order valence-electron chi connectivity index (χ4n) is 2.79. The van der Waals surface area contributed by atoms with Crippen molar-refractivity contribution in [3.8, 4) is 5.75 Å². The topological polar surface area (TPSA) is 59.4 Å². The zero-order chi connectivity index (χ0) is 16.2. The average Bonchev–Trinajstić information content (AvgIpc) is 3.04. The second-order valence-corrected chi connectivity index (χ2v) is 5.83. The molecule has 0 spiro atoms. The molecule has 6 nitrogen and oxygen atoms in total. The Morgan fingerprint density at radius 1 is 1.39 bits per heavy atom. The van der Waals surface area contributed by atoms with Gasteiger partial charge in [-0.05, 0) is 24.6 Å². The van der Waals surface area contributed by atoms with Gasteiger partial charge in [0.05, 0.1) is 25.4 Å². The molecule has 1 saturated heterocycles. The van der Waals surface area contributed by atoms with Crippen molar-refractivity contribution in [3.63, 3.8) is 0 Å². The van der Waals surface area contributed by atoms with Crippen LogP contribution in [0.4, 0.5) is 0 Å². The van der Waals surface area contributed by atoms with E-state index in [4.69, 9.17) is 4.74 Å². The summed E-state index contributed by atoms with van der Waals surface area (Å²) in [5.74, 6) is 0.887. The average molecular weight is 314 g/mol. The van der Waals surface area contributed by atoms with Crippen molar-refractivity contribution in [3.05, 3.63) is 47.8 Å². The zero-order valence-corrected chi connectivity index (χ0v) is 13.5. The molecule has 1 N–H and O–H groups in total. The molecule has 0 radical (unpaired) electrons. The van der Waals surface area contributed by atoms with Gasteiger partial charge in [0.2, 0.25) is 0 Å². The fraction of sp³-hybridized carbons (Fsp3) is 0.412. The number of carbonyl (C=O) groups excluding carboxylic acids is 1. The van der Waals surface area contributed by atoms with Crippen molar-refractivity contribution in [2.45, 2.75) is 19.5 Å². The highest BCUT2D eigenvalue weighted by Gasteiger charge is 2.24. The van der Waals surface area contributed by atoms with Crippen molar-refractivity contribution in [1.29, 1.82) is 0 Å². The predicted molar refractivity (Wildman–Crippen MR) is 87.7 cm³/mol. The van der Waals surface area contributed by atoms with E-state index in [1.165, 1.54) is 0 Å². The van der Waals surface area contributed by atoms with Crippen LogP contribution in [0.3, 0.4) is 0 Å². The first-order chi connectivity index (χ1) is 11.2. The van der Waals surface area contributed by atoms with Crippen LogP contribution in [0.25, 0.3) is 0 Å². The first-order valence-electron chi connectivity index (χ1n) is 7.84. The highest BCUT2D eigenvalue weighted by atomic mass is 16.5. The van der Waals surface area contributed by atoms with Gasteiger partial charge in [-0.3, -0.25) is 9.48 Å². The van der Waals surface area contributed by atoms with E-state index >= 15 is 0 Å². The lowest BCUT2D eigenvalue weighted by Gasteiger charge is -2.33. The summed E-state index contributed by atoms with van der Waals surface area (Å²) in [6.07, 6.45) is 3.47. The van der Waals surface area contributed by atoms with Crippen molar-refractivity contribution in [2.75, 3.05) is 26.7 Å². The third-order valence-electron chi connectivity index (χ3n) is 4.15. The van der Waals surface area contributed by atoms with Crippen LogP contribution < -0.4 is 10.1 Å². The second kappa shape index (κ2) is 6.83. The summed E-state index contributed by atoms with van der Waals surface area (Å²) in [4.78, 5) is 14.5. The molecule has 1 amide bonds. The van der Waals surface area contributed by atoms with Gasteiger partial charge in [0.1, 0.15) is 5.75 Å². The standard InChI is InChI=1S/C17H22N4O2/c1-13-9-18-7-8-21(13)17(22)15-10-19-20(12-15)11-14-3-5-16(23-2)6-4-14/h3-6,10,12-13,18H,7-9,11H2,1-2H3/t13-/m0/s1. The molecule has 2 heterocycles. The van der Waals surface area contributed by atoms with E-state index in [9.17, 15) is 4.79 Å². The molecule has 1 aliphatic rings. The number of ether oxygens (including phenoxy) is 1. The maximum atomic E-state index is 12.6. The summed E-state index contributed by atoms with van der Waals surface area (Å²) >= 11 is 0. The van der Waals surface area contributed by atoms with Crippen molar-refractivity contribution in [2.24, 2.45) is 0 Å². The summed E-state index contributed by atoms with van der Waals surface area (Å²) in [5, 5.41) is 7.61. The van der Waals surface area contributed by atoms with E-state index in [0.29, 0.717) is 12.1 Å². The third kappa shape index (κ3) is 3.53. The predicted octanol–water partition coefficient (Wildman–Crippen LogP) is 1.37. The number of piperazine rings is 1. The van der Waals surface area contributed by atoms with E-state index in [1.807, 2.05) is 35.4 Å². The summed E-state index contributed by atoms with van der Waals surface area (Å²) in [5.41, 5.74) is 1.76. The highest BCUT2D eigenvalue weighted by molar-refractivity contribution is 5.94. The van der Waals surface area contributed by atoms with Crippen molar-refractivity contribution < 1.29 is 9.53 Å². The molecule has 1 aromatic heterocycles. The molecule has 1 aliphatic heterocycles. The molecule has 0 aliphatic carbocycles. The first-order valence-corrected chi connectivity index (χ1v) is 7.84. The van der Waals surface area contributed by atoms with E-state index in [0.717, 1.165) is 30.9 Å². The number of rotatable bonds is 4. The molecule has 3 rings (SSSR count). The van der Waals surface area contributed by atoms with E-state index < -0.39 is 0 Å². The van der Waals surface area contributed by atoms with E-state index in [1.54, 1.807) is 18.0 Å². The highest BCUT2D eigenvalue weighted by Crippen LogP contribution is 2.14. The van der Waals surface area contributed by atoms with Gasteiger partial charge in [0.25, 0.3) is 5.91 Å². The minimum absolute atomic E-state index is 0.0555. The molecule has 0 bridgehead atoms. The smallest absolute Gasteiger partial charge is 0.257 e. The van der Waals surface area contributed by atoms with Crippen LogP contribution in [-0.4, -0.2) is 53.4 Å². The van der Waals surface area contributed by atoms with Gasteiger partial charge in [-0.15, -0.1) is 0 Å². The number of benzene rings is 1. The molecule has 2 aromatic rings. The van der Waals surface area contributed by atoms with Crippen LogP contribution >= 0.6 is 0 Å². The van der Waals surface area contributed by atoms with Gasteiger partial charge in [0.15, 0.2) is 0 Å². The van der Waals surface area contributed by atoms with Crippen LogP contribution in [0.2, 0.25) is 0 Å². The number of carbonyl (C=O) groups is 1. The number of nitrogens with zero attached hydrogens (tertiary/aromatic N) is 3. The maximum Gasteiger partial charge on any atom is 0.257 e. The number of methoxy groups -OCH3 is 1. The van der Waals surface area contributed by atoms with Crippen molar-refractivity contribution >= 4 is 5.91 Å². The Morgan fingerprint density at radius 2 is 2.17 bits per heavy atom. The maximum absolute atomic E-state index is 12.6. The molecule has 1 atom stereocenters. The first kappa shape index (κ1) is 15.6. The lowest BCUT2D eigenvalue weighted by Crippen LogP contribution is -2.52. The van der Waals surface area contributed by atoms with Crippen LogP contribution in [0, 0.1) is 0 Å².